The lowest BCUT2D eigenvalue weighted by Gasteiger charge is -2.16. The summed E-state index contributed by atoms with van der Waals surface area (Å²) in [6.45, 7) is 1.78. The molecule has 0 bridgehead atoms. The van der Waals surface area contributed by atoms with Crippen LogP contribution in [0.1, 0.15) is 23.7 Å². The van der Waals surface area contributed by atoms with E-state index < -0.39 is 18.0 Å². The van der Waals surface area contributed by atoms with E-state index in [1.807, 2.05) is 72.1 Å². The molecular formula is C31H22ClN3O4S. The number of hydrogen-bond donors (Lipinski definition) is 1. The molecule has 0 aliphatic heterocycles. The Balaban J connectivity index is 1.26. The van der Waals surface area contributed by atoms with Crippen LogP contribution in [0.2, 0.25) is 5.02 Å². The molecule has 0 aliphatic rings. The van der Waals surface area contributed by atoms with Crippen molar-refractivity contribution in [1.82, 2.24) is 9.97 Å². The fraction of sp³-hybridized carbons (Fsp3) is 0.0968. The zero-order chi connectivity index (χ0) is 27.6. The van der Waals surface area contributed by atoms with Crippen molar-refractivity contribution in [3.63, 3.8) is 0 Å². The van der Waals surface area contributed by atoms with Gasteiger partial charge in [0.1, 0.15) is 5.52 Å². The molecule has 0 saturated heterocycles. The number of amides is 1. The number of fused-ring (bicyclic) bond motifs is 2. The molecule has 6 rings (SSSR count). The van der Waals surface area contributed by atoms with Crippen LogP contribution in [0.15, 0.2) is 94.7 Å². The van der Waals surface area contributed by atoms with Gasteiger partial charge in [0.25, 0.3) is 5.91 Å². The summed E-state index contributed by atoms with van der Waals surface area (Å²) in [6.07, 6.45) is -0.741. The molecule has 1 N–H and O–H groups in total. The Morgan fingerprint density at radius 2 is 1.70 bits per heavy atom. The summed E-state index contributed by atoms with van der Waals surface area (Å²) in [6, 6.07) is 25.8. The molecule has 2 aromatic heterocycles. The molecule has 0 saturated carbocycles. The minimum atomic E-state index is -1.02. The number of halogens is 1. The smallest absolute Gasteiger partial charge is 0.339 e. The van der Waals surface area contributed by atoms with Gasteiger partial charge < -0.3 is 9.15 Å². The van der Waals surface area contributed by atoms with Gasteiger partial charge in [-0.3, -0.25) is 10.1 Å². The first-order valence-corrected chi connectivity index (χ1v) is 13.9. The maximum absolute atomic E-state index is 13.5. The molecule has 1 unspecified atom stereocenters. The van der Waals surface area contributed by atoms with Gasteiger partial charge in [0, 0.05) is 26.9 Å². The highest BCUT2D eigenvalue weighted by molar-refractivity contribution is 7.14. The SMILES string of the molecule is CCC(OC(=O)c1cccc2cccc(-c3nc4ccccc4o3)c12)C(=O)Nc1nc(-c2ccccc2Cl)cs1. The fourth-order valence-electron chi connectivity index (χ4n) is 4.50. The quantitative estimate of drug-likeness (QED) is 0.196. The molecule has 0 spiro atoms. The Bertz CT molecular complexity index is 1840. The van der Waals surface area contributed by atoms with Crippen LogP contribution in [-0.4, -0.2) is 27.9 Å². The van der Waals surface area contributed by atoms with E-state index in [2.05, 4.69) is 15.3 Å². The first-order chi connectivity index (χ1) is 19.5. The van der Waals surface area contributed by atoms with Crippen molar-refractivity contribution < 1.29 is 18.7 Å². The number of esters is 1. The topological polar surface area (TPSA) is 94.3 Å². The lowest BCUT2D eigenvalue weighted by atomic mass is 9.99. The van der Waals surface area contributed by atoms with E-state index in [4.69, 9.17) is 20.8 Å². The maximum atomic E-state index is 13.5. The van der Waals surface area contributed by atoms with E-state index in [-0.39, 0.29) is 6.42 Å². The number of aromatic nitrogens is 2. The third kappa shape index (κ3) is 4.95. The van der Waals surface area contributed by atoms with Crippen LogP contribution in [0.5, 0.6) is 0 Å². The van der Waals surface area contributed by atoms with E-state index in [1.54, 1.807) is 25.1 Å². The van der Waals surface area contributed by atoms with Crippen LogP contribution in [0.3, 0.4) is 0 Å². The summed E-state index contributed by atoms with van der Waals surface area (Å²) in [5, 5.41) is 7.00. The van der Waals surface area contributed by atoms with Gasteiger partial charge >= 0.3 is 5.97 Å². The average Bonchev–Trinajstić information content (AvgIpc) is 3.62. The van der Waals surface area contributed by atoms with Crippen molar-refractivity contribution >= 4 is 61.8 Å². The van der Waals surface area contributed by atoms with Crippen LogP contribution in [0.4, 0.5) is 5.13 Å². The first-order valence-electron chi connectivity index (χ1n) is 12.6. The van der Waals surface area contributed by atoms with Crippen molar-refractivity contribution in [3.8, 4) is 22.7 Å². The maximum Gasteiger partial charge on any atom is 0.339 e. The third-order valence-electron chi connectivity index (χ3n) is 6.45. The molecule has 4 aromatic carbocycles. The number of benzene rings is 4. The van der Waals surface area contributed by atoms with Crippen molar-refractivity contribution in [3.05, 3.63) is 101 Å². The van der Waals surface area contributed by atoms with Crippen molar-refractivity contribution in [2.75, 3.05) is 5.32 Å². The standard InChI is InChI=1S/C31H22ClN3O4S/c1-2-25(28(36)35-31-34-24(17-40-31)19-11-3-4-14-22(19)32)39-30(37)21-13-8-10-18-9-7-12-20(27(18)21)29-33-23-15-5-6-16-26(23)38-29/h3-17,25H,2H2,1H3,(H,34,35,36). The number of oxazole rings is 1. The Morgan fingerprint density at radius 1 is 0.950 bits per heavy atom. The number of nitrogens with zero attached hydrogens (tertiary/aromatic N) is 2. The number of thiazole rings is 1. The van der Waals surface area contributed by atoms with E-state index >= 15 is 0 Å². The van der Waals surface area contributed by atoms with Crippen LogP contribution in [0, 0.1) is 0 Å². The van der Waals surface area contributed by atoms with Gasteiger partial charge in [-0.25, -0.2) is 14.8 Å². The molecule has 0 radical (unpaired) electrons. The molecule has 9 heteroatoms. The van der Waals surface area contributed by atoms with Gasteiger partial charge in [-0.15, -0.1) is 11.3 Å². The minimum Gasteiger partial charge on any atom is -0.449 e. The second-order valence-corrected chi connectivity index (χ2v) is 10.3. The van der Waals surface area contributed by atoms with Crippen molar-refractivity contribution in [2.45, 2.75) is 19.4 Å². The summed E-state index contributed by atoms with van der Waals surface area (Å²) >= 11 is 7.55. The van der Waals surface area contributed by atoms with Gasteiger partial charge in [0.05, 0.1) is 11.3 Å². The van der Waals surface area contributed by atoms with E-state index in [0.717, 1.165) is 16.5 Å². The summed E-state index contributed by atoms with van der Waals surface area (Å²) in [4.78, 5) is 35.7. The number of hydrogen-bond acceptors (Lipinski definition) is 7. The normalized spacial score (nSPS) is 11.9. The monoisotopic (exact) mass is 567 g/mol. The number of ether oxygens (including phenoxy) is 1. The van der Waals surface area contributed by atoms with Gasteiger partial charge in [0.2, 0.25) is 5.89 Å². The molecular weight excluding hydrogens is 546 g/mol. The van der Waals surface area contributed by atoms with Gasteiger partial charge in [-0.1, -0.05) is 73.1 Å². The molecule has 2 heterocycles. The summed E-state index contributed by atoms with van der Waals surface area (Å²) < 4.78 is 11.7. The Hall–Kier alpha value is -4.53. The van der Waals surface area contributed by atoms with Crippen LogP contribution >= 0.6 is 22.9 Å². The molecule has 0 aliphatic carbocycles. The van der Waals surface area contributed by atoms with Crippen molar-refractivity contribution in [1.29, 1.82) is 0 Å². The minimum absolute atomic E-state index is 0.281. The van der Waals surface area contributed by atoms with E-state index in [9.17, 15) is 9.59 Å². The lowest BCUT2D eigenvalue weighted by molar-refractivity contribution is -0.124. The number of carbonyl (C=O) groups is 2. The second-order valence-electron chi connectivity index (χ2n) is 9.01. The highest BCUT2D eigenvalue weighted by Gasteiger charge is 2.25. The number of anilines is 1. The third-order valence-corrected chi connectivity index (χ3v) is 7.53. The van der Waals surface area contributed by atoms with Gasteiger partial charge in [-0.2, -0.15) is 0 Å². The van der Waals surface area contributed by atoms with Crippen LogP contribution in [-0.2, 0) is 9.53 Å². The molecule has 7 nitrogen and oxygen atoms in total. The van der Waals surface area contributed by atoms with Crippen LogP contribution < -0.4 is 5.32 Å². The zero-order valence-corrected chi connectivity index (χ0v) is 22.8. The lowest BCUT2D eigenvalue weighted by Crippen LogP contribution is -2.32. The first kappa shape index (κ1) is 25.7. The fourth-order valence-corrected chi connectivity index (χ4v) is 5.45. The molecule has 1 atom stereocenters. The number of rotatable bonds is 7. The number of para-hydroxylation sites is 2. The van der Waals surface area contributed by atoms with Gasteiger partial charge in [0.15, 0.2) is 16.8 Å². The molecule has 198 valence electrons. The predicted octanol–water partition coefficient (Wildman–Crippen LogP) is 8.00. The second kappa shape index (κ2) is 10.9. The molecule has 0 fully saturated rings. The number of nitrogens with one attached hydrogen (secondary N) is 1. The molecule has 6 aromatic rings. The average molecular weight is 568 g/mol. The molecule has 1 amide bonds. The van der Waals surface area contributed by atoms with Crippen LogP contribution in [0.25, 0.3) is 44.6 Å². The Kier molecular flexibility index (Phi) is 7.02. The number of carbonyl (C=O) groups excluding carboxylic acids is 2. The summed E-state index contributed by atoms with van der Waals surface area (Å²) in [5.74, 6) is -0.683. The molecule has 40 heavy (non-hydrogen) atoms. The summed E-state index contributed by atoms with van der Waals surface area (Å²) in [7, 11) is 0. The van der Waals surface area contributed by atoms with Gasteiger partial charge in [-0.05, 0) is 42.1 Å². The Morgan fingerprint density at radius 3 is 2.50 bits per heavy atom. The van der Waals surface area contributed by atoms with E-state index in [0.29, 0.717) is 43.8 Å². The highest BCUT2D eigenvalue weighted by atomic mass is 35.5. The summed E-state index contributed by atoms with van der Waals surface area (Å²) in [5.41, 5.74) is 3.77. The Labute approximate surface area is 238 Å². The zero-order valence-electron chi connectivity index (χ0n) is 21.3. The highest BCUT2D eigenvalue weighted by Crippen LogP contribution is 2.34. The largest absolute Gasteiger partial charge is 0.449 e. The predicted molar refractivity (Wildman–Crippen MR) is 158 cm³/mol. The van der Waals surface area contributed by atoms with E-state index in [1.165, 1.54) is 11.3 Å². The van der Waals surface area contributed by atoms with Crippen molar-refractivity contribution in [2.24, 2.45) is 0 Å².